The Bertz CT molecular complexity index is 876. The Labute approximate surface area is 175 Å². The van der Waals surface area contributed by atoms with E-state index in [1.54, 1.807) is 48.5 Å². The fourth-order valence-corrected chi connectivity index (χ4v) is 6.29. The van der Waals surface area contributed by atoms with Gasteiger partial charge in [0.2, 0.25) is 20.0 Å². The van der Waals surface area contributed by atoms with E-state index >= 15 is 0 Å². The minimum atomic E-state index is -3.49. The number of sulfonamides is 2. The van der Waals surface area contributed by atoms with Crippen molar-refractivity contribution >= 4 is 41.6 Å². The molecular weight excluding hydrogens is 436 g/mol. The lowest BCUT2D eigenvalue weighted by Gasteiger charge is -2.08. The molecule has 28 heavy (non-hydrogen) atoms. The highest BCUT2D eigenvalue weighted by atomic mass is 33.1. The molecule has 2 aromatic carbocycles. The van der Waals surface area contributed by atoms with Crippen LogP contribution in [0.1, 0.15) is 11.1 Å². The van der Waals surface area contributed by atoms with E-state index in [0.717, 1.165) is 11.1 Å². The van der Waals surface area contributed by atoms with E-state index in [4.69, 9.17) is 0 Å². The average Bonchev–Trinajstić information content (AvgIpc) is 2.64. The molecule has 0 spiro atoms. The molecule has 0 heterocycles. The molecule has 0 amide bonds. The van der Waals surface area contributed by atoms with Gasteiger partial charge in [0.25, 0.3) is 0 Å². The molecule has 10 heteroatoms. The Kier molecular flexibility index (Phi) is 8.84. The topological polar surface area (TPSA) is 92.3 Å². The average molecular weight is 461 g/mol. The second kappa shape index (κ2) is 10.7. The van der Waals surface area contributed by atoms with Crippen molar-refractivity contribution in [1.82, 2.24) is 9.44 Å². The van der Waals surface area contributed by atoms with Crippen molar-refractivity contribution in [2.45, 2.75) is 23.6 Å². The van der Waals surface area contributed by atoms with Gasteiger partial charge in [0.1, 0.15) is 0 Å². The van der Waals surface area contributed by atoms with Crippen molar-refractivity contribution < 1.29 is 16.8 Å². The zero-order valence-corrected chi connectivity index (χ0v) is 19.0. The Morgan fingerprint density at radius 2 is 0.964 bits per heavy atom. The van der Waals surface area contributed by atoms with Crippen LogP contribution >= 0.6 is 21.6 Å². The fourth-order valence-electron chi connectivity index (χ4n) is 2.15. The highest BCUT2D eigenvalue weighted by Gasteiger charge is 2.13. The van der Waals surface area contributed by atoms with Gasteiger partial charge < -0.3 is 0 Å². The third kappa shape index (κ3) is 7.41. The van der Waals surface area contributed by atoms with Crippen LogP contribution in [0.2, 0.25) is 0 Å². The summed E-state index contributed by atoms with van der Waals surface area (Å²) in [5, 5.41) is 0. The standard InChI is InChI=1S/C18H24N2O4S4/c1-15-3-7-17(8-4-15)27(21,22)19-11-13-25-26-14-12-20-28(23,24)18-9-5-16(2)6-10-18/h3-10,19-20H,11-14H2,1-2H3. The molecule has 2 rings (SSSR count). The Balaban J connectivity index is 1.63. The van der Waals surface area contributed by atoms with Crippen LogP contribution in [0.15, 0.2) is 58.3 Å². The third-order valence-electron chi connectivity index (χ3n) is 3.70. The number of benzene rings is 2. The van der Waals surface area contributed by atoms with E-state index < -0.39 is 20.0 Å². The SMILES string of the molecule is Cc1ccc(S(=O)(=O)NCCSSCCNS(=O)(=O)c2ccc(C)cc2)cc1. The normalized spacial score (nSPS) is 12.2. The highest BCUT2D eigenvalue weighted by Crippen LogP contribution is 2.20. The second-order valence-electron chi connectivity index (χ2n) is 6.07. The van der Waals surface area contributed by atoms with Crippen molar-refractivity contribution in [1.29, 1.82) is 0 Å². The van der Waals surface area contributed by atoms with Crippen molar-refractivity contribution in [3.05, 3.63) is 59.7 Å². The van der Waals surface area contributed by atoms with Crippen molar-refractivity contribution in [3.63, 3.8) is 0 Å². The van der Waals surface area contributed by atoms with Gasteiger partial charge in [0, 0.05) is 24.6 Å². The lowest BCUT2D eigenvalue weighted by Crippen LogP contribution is -2.26. The van der Waals surface area contributed by atoms with Crippen LogP contribution in [0.4, 0.5) is 0 Å². The molecule has 6 nitrogen and oxygen atoms in total. The van der Waals surface area contributed by atoms with Crippen LogP contribution in [0.25, 0.3) is 0 Å². The van der Waals surface area contributed by atoms with Gasteiger partial charge in [-0.15, -0.1) is 0 Å². The van der Waals surface area contributed by atoms with Crippen molar-refractivity contribution in [2.24, 2.45) is 0 Å². The summed E-state index contributed by atoms with van der Waals surface area (Å²) in [7, 11) is -3.99. The largest absolute Gasteiger partial charge is 0.240 e. The maximum Gasteiger partial charge on any atom is 0.240 e. The summed E-state index contributed by atoms with van der Waals surface area (Å²) in [6.07, 6.45) is 0. The van der Waals surface area contributed by atoms with Gasteiger partial charge in [-0.1, -0.05) is 57.0 Å². The molecule has 0 fully saturated rings. The second-order valence-corrected chi connectivity index (χ2v) is 12.3. The highest BCUT2D eigenvalue weighted by molar-refractivity contribution is 8.76. The minimum Gasteiger partial charge on any atom is -0.210 e. The quantitative estimate of drug-likeness (QED) is 0.396. The number of hydrogen-bond donors (Lipinski definition) is 2. The van der Waals surface area contributed by atoms with E-state index in [1.807, 2.05) is 13.8 Å². The smallest absolute Gasteiger partial charge is 0.210 e. The molecule has 0 bridgehead atoms. The van der Waals surface area contributed by atoms with Crippen LogP contribution in [0.3, 0.4) is 0 Å². The predicted molar refractivity (Wildman–Crippen MR) is 118 cm³/mol. The summed E-state index contributed by atoms with van der Waals surface area (Å²) in [5.74, 6) is 1.17. The summed E-state index contributed by atoms with van der Waals surface area (Å²) >= 11 is 0. The molecule has 0 saturated carbocycles. The van der Waals surface area contributed by atoms with E-state index in [-0.39, 0.29) is 9.79 Å². The first kappa shape index (κ1) is 23.2. The van der Waals surface area contributed by atoms with Gasteiger partial charge in [-0.05, 0) is 38.1 Å². The maximum atomic E-state index is 12.1. The van der Waals surface area contributed by atoms with Crippen LogP contribution in [0, 0.1) is 13.8 Å². The molecule has 2 aromatic rings. The summed E-state index contributed by atoms with van der Waals surface area (Å²) in [5.41, 5.74) is 2.01. The zero-order valence-electron chi connectivity index (χ0n) is 15.7. The van der Waals surface area contributed by atoms with Crippen molar-refractivity contribution in [3.8, 4) is 0 Å². The van der Waals surface area contributed by atoms with Gasteiger partial charge in [-0.3, -0.25) is 0 Å². The molecule has 0 aliphatic carbocycles. The van der Waals surface area contributed by atoms with Gasteiger partial charge in [-0.2, -0.15) is 0 Å². The predicted octanol–water partition coefficient (Wildman–Crippen LogP) is 2.94. The zero-order chi connectivity index (χ0) is 20.6. The molecule has 0 aromatic heterocycles. The first-order valence-electron chi connectivity index (χ1n) is 8.58. The maximum absolute atomic E-state index is 12.1. The van der Waals surface area contributed by atoms with Crippen LogP contribution in [-0.4, -0.2) is 41.4 Å². The summed E-state index contributed by atoms with van der Waals surface area (Å²) < 4.78 is 53.7. The van der Waals surface area contributed by atoms with Crippen molar-refractivity contribution in [2.75, 3.05) is 24.6 Å². The van der Waals surface area contributed by atoms with Gasteiger partial charge in [-0.25, -0.2) is 26.3 Å². The van der Waals surface area contributed by atoms with Gasteiger partial charge in [0.15, 0.2) is 0 Å². The Hall–Kier alpha value is -1.04. The number of hydrogen-bond acceptors (Lipinski definition) is 6. The summed E-state index contributed by atoms with van der Waals surface area (Å²) in [6, 6.07) is 13.4. The molecule has 0 atom stereocenters. The lowest BCUT2D eigenvalue weighted by molar-refractivity contribution is 0.582. The van der Waals surface area contributed by atoms with Gasteiger partial charge in [0.05, 0.1) is 9.79 Å². The lowest BCUT2D eigenvalue weighted by atomic mass is 10.2. The molecule has 0 saturated heterocycles. The summed E-state index contributed by atoms with van der Waals surface area (Å²) in [4.78, 5) is 0.502. The van der Waals surface area contributed by atoms with E-state index in [1.165, 1.54) is 21.6 Å². The summed E-state index contributed by atoms with van der Waals surface area (Å²) in [6.45, 7) is 4.42. The number of rotatable bonds is 11. The molecule has 0 radical (unpaired) electrons. The van der Waals surface area contributed by atoms with Gasteiger partial charge >= 0.3 is 0 Å². The Morgan fingerprint density at radius 3 is 1.29 bits per heavy atom. The molecule has 0 unspecified atom stereocenters. The third-order valence-corrected chi connectivity index (χ3v) is 9.06. The Morgan fingerprint density at radius 1 is 0.643 bits per heavy atom. The van der Waals surface area contributed by atoms with Crippen LogP contribution in [0.5, 0.6) is 0 Å². The monoisotopic (exact) mass is 460 g/mol. The molecule has 154 valence electrons. The minimum absolute atomic E-state index is 0.251. The first-order chi connectivity index (χ1) is 13.2. The number of aryl methyl sites for hydroxylation is 2. The number of nitrogens with one attached hydrogen (secondary N) is 2. The van der Waals surface area contributed by atoms with Crippen LogP contribution in [-0.2, 0) is 20.0 Å². The fraction of sp³-hybridized carbons (Fsp3) is 0.333. The van der Waals surface area contributed by atoms with E-state index in [0.29, 0.717) is 24.6 Å². The van der Waals surface area contributed by atoms with E-state index in [2.05, 4.69) is 9.44 Å². The molecular formula is C18H24N2O4S4. The molecule has 2 N–H and O–H groups in total. The molecule has 0 aliphatic heterocycles. The van der Waals surface area contributed by atoms with Crippen LogP contribution < -0.4 is 9.44 Å². The van der Waals surface area contributed by atoms with E-state index in [9.17, 15) is 16.8 Å². The molecule has 0 aliphatic rings. The first-order valence-corrected chi connectivity index (χ1v) is 14.0.